The smallest absolute Gasteiger partial charge is 0.407 e. The molecule has 0 aliphatic rings. The molecule has 4 heteroatoms. The summed E-state index contributed by atoms with van der Waals surface area (Å²) in [7, 11) is 0. The van der Waals surface area contributed by atoms with Crippen LogP contribution < -0.4 is 5.32 Å². The predicted molar refractivity (Wildman–Crippen MR) is 80.8 cm³/mol. The number of carbonyl (C=O) groups is 1. The highest BCUT2D eigenvalue weighted by Crippen LogP contribution is 2.03. The minimum Gasteiger partial charge on any atom is -0.445 e. The van der Waals surface area contributed by atoms with Crippen LogP contribution in [-0.2, 0) is 17.8 Å². The zero-order valence-electron chi connectivity index (χ0n) is 11.7. The first-order valence-electron chi connectivity index (χ1n) is 6.90. The SMILES string of the molecule is O=C(NC[C@@H](O)Cc1ccccc1)OCc1ccccc1. The van der Waals surface area contributed by atoms with E-state index in [-0.39, 0.29) is 13.2 Å². The molecule has 2 aromatic carbocycles. The molecule has 0 aromatic heterocycles. The summed E-state index contributed by atoms with van der Waals surface area (Å²) in [6.07, 6.45) is -0.651. The largest absolute Gasteiger partial charge is 0.445 e. The Hall–Kier alpha value is -2.33. The highest BCUT2D eigenvalue weighted by Gasteiger charge is 2.08. The Morgan fingerprint density at radius 2 is 1.57 bits per heavy atom. The van der Waals surface area contributed by atoms with Crippen LogP contribution in [0, 0.1) is 0 Å². The first kappa shape index (κ1) is 15.1. The molecule has 0 aliphatic carbocycles. The van der Waals surface area contributed by atoms with Crippen LogP contribution in [0.25, 0.3) is 0 Å². The second kappa shape index (κ2) is 8.07. The summed E-state index contributed by atoms with van der Waals surface area (Å²) >= 11 is 0. The molecule has 0 radical (unpaired) electrons. The van der Waals surface area contributed by atoms with Crippen molar-refractivity contribution in [1.82, 2.24) is 5.32 Å². The summed E-state index contributed by atoms with van der Waals surface area (Å²) in [5.74, 6) is 0. The Morgan fingerprint density at radius 3 is 2.19 bits per heavy atom. The molecule has 2 rings (SSSR count). The molecular formula is C17H19NO3. The number of hydrogen-bond acceptors (Lipinski definition) is 3. The van der Waals surface area contributed by atoms with E-state index in [1.165, 1.54) is 0 Å². The van der Waals surface area contributed by atoms with Crippen molar-refractivity contribution in [2.24, 2.45) is 0 Å². The first-order chi connectivity index (χ1) is 10.2. The van der Waals surface area contributed by atoms with Gasteiger partial charge in [-0.05, 0) is 11.1 Å². The number of benzene rings is 2. The van der Waals surface area contributed by atoms with Gasteiger partial charge in [0, 0.05) is 13.0 Å². The quantitative estimate of drug-likeness (QED) is 0.857. The lowest BCUT2D eigenvalue weighted by atomic mass is 10.1. The molecule has 4 nitrogen and oxygen atoms in total. The van der Waals surface area contributed by atoms with Crippen LogP contribution in [0.3, 0.4) is 0 Å². The van der Waals surface area contributed by atoms with E-state index >= 15 is 0 Å². The van der Waals surface area contributed by atoms with E-state index in [1.54, 1.807) is 0 Å². The van der Waals surface area contributed by atoms with Gasteiger partial charge in [-0.2, -0.15) is 0 Å². The van der Waals surface area contributed by atoms with Gasteiger partial charge < -0.3 is 15.2 Å². The fraction of sp³-hybridized carbons (Fsp3) is 0.235. The summed E-state index contributed by atoms with van der Waals surface area (Å²) in [6, 6.07) is 19.1. The molecule has 2 N–H and O–H groups in total. The Morgan fingerprint density at radius 1 is 1.00 bits per heavy atom. The lowest BCUT2D eigenvalue weighted by Crippen LogP contribution is -2.33. The standard InChI is InChI=1S/C17H19NO3/c19-16(11-14-7-3-1-4-8-14)12-18-17(20)21-13-15-9-5-2-6-10-15/h1-10,16,19H,11-13H2,(H,18,20)/t16-/m0/s1. The molecule has 21 heavy (non-hydrogen) atoms. The Kier molecular flexibility index (Phi) is 5.79. The van der Waals surface area contributed by atoms with Gasteiger partial charge in [0.2, 0.25) is 0 Å². The maximum Gasteiger partial charge on any atom is 0.407 e. The highest BCUT2D eigenvalue weighted by molar-refractivity contribution is 5.67. The molecule has 0 aliphatic heterocycles. The number of rotatable bonds is 6. The zero-order chi connectivity index (χ0) is 14.9. The number of ether oxygens (including phenoxy) is 1. The van der Waals surface area contributed by atoms with Gasteiger partial charge in [0.1, 0.15) is 6.61 Å². The number of nitrogens with one attached hydrogen (secondary N) is 1. The van der Waals surface area contributed by atoms with Crippen LogP contribution in [0.15, 0.2) is 60.7 Å². The molecule has 1 atom stereocenters. The predicted octanol–water partition coefficient (Wildman–Crippen LogP) is 2.52. The molecule has 0 saturated heterocycles. The van der Waals surface area contributed by atoms with E-state index in [1.807, 2.05) is 60.7 Å². The second-order valence-electron chi connectivity index (χ2n) is 4.79. The molecule has 110 valence electrons. The van der Waals surface area contributed by atoms with E-state index in [0.29, 0.717) is 6.42 Å². The van der Waals surface area contributed by atoms with Crippen LogP contribution >= 0.6 is 0 Å². The van der Waals surface area contributed by atoms with E-state index in [4.69, 9.17) is 4.74 Å². The molecule has 0 heterocycles. The fourth-order valence-corrected chi connectivity index (χ4v) is 1.93. The third-order valence-corrected chi connectivity index (χ3v) is 3.01. The summed E-state index contributed by atoms with van der Waals surface area (Å²) in [6.45, 7) is 0.393. The Labute approximate surface area is 124 Å². The molecule has 0 unspecified atom stereocenters. The lowest BCUT2D eigenvalue weighted by molar-refractivity contribution is 0.125. The van der Waals surface area contributed by atoms with Gasteiger partial charge in [-0.25, -0.2) is 4.79 Å². The highest BCUT2D eigenvalue weighted by atomic mass is 16.5. The van der Waals surface area contributed by atoms with Crippen molar-refractivity contribution in [3.05, 3.63) is 71.8 Å². The zero-order valence-corrected chi connectivity index (χ0v) is 11.7. The summed E-state index contributed by atoms with van der Waals surface area (Å²) in [5.41, 5.74) is 1.96. The van der Waals surface area contributed by atoms with Crippen molar-refractivity contribution in [1.29, 1.82) is 0 Å². The minimum atomic E-state index is -0.628. The van der Waals surface area contributed by atoms with Crippen molar-refractivity contribution in [3.8, 4) is 0 Å². The number of amides is 1. The molecule has 0 fully saturated rings. The van der Waals surface area contributed by atoms with Crippen molar-refractivity contribution in [2.45, 2.75) is 19.1 Å². The van der Waals surface area contributed by atoms with E-state index < -0.39 is 12.2 Å². The molecule has 1 amide bonds. The lowest BCUT2D eigenvalue weighted by Gasteiger charge is -2.12. The molecule has 2 aromatic rings. The molecule has 0 bridgehead atoms. The number of hydrogen-bond donors (Lipinski definition) is 2. The molecule has 0 saturated carbocycles. The van der Waals surface area contributed by atoms with E-state index in [2.05, 4.69) is 5.32 Å². The maximum absolute atomic E-state index is 11.5. The third-order valence-electron chi connectivity index (χ3n) is 3.01. The first-order valence-corrected chi connectivity index (χ1v) is 6.90. The second-order valence-corrected chi connectivity index (χ2v) is 4.79. The van der Waals surface area contributed by atoms with Gasteiger partial charge >= 0.3 is 6.09 Å². The normalized spacial score (nSPS) is 11.7. The number of carbonyl (C=O) groups excluding carboxylic acids is 1. The van der Waals surface area contributed by atoms with Crippen LogP contribution in [0.4, 0.5) is 4.79 Å². The van der Waals surface area contributed by atoms with Gasteiger partial charge in [-0.3, -0.25) is 0 Å². The number of aliphatic hydroxyl groups excluding tert-OH is 1. The van der Waals surface area contributed by atoms with Crippen LogP contribution in [0.1, 0.15) is 11.1 Å². The fourth-order valence-electron chi connectivity index (χ4n) is 1.93. The summed E-state index contributed by atoms with van der Waals surface area (Å²) < 4.78 is 5.07. The van der Waals surface area contributed by atoms with Crippen molar-refractivity contribution in [2.75, 3.05) is 6.54 Å². The van der Waals surface area contributed by atoms with E-state index in [0.717, 1.165) is 11.1 Å². The minimum absolute atomic E-state index is 0.169. The van der Waals surface area contributed by atoms with Crippen LogP contribution in [0.5, 0.6) is 0 Å². The van der Waals surface area contributed by atoms with Crippen molar-refractivity contribution < 1.29 is 14.6 Å². The van der Waals surface area contributed by atoms with Gasteiger partial charge in [0.05, 0.1) is 6.10 Å². The van der Waals surface area contributed by atoms with Gasteiger partial charge in [-0.1, -0.05) is 60.7 Å². The average Bonchev–Trinajstić information content (AvgIpc) is 2.53. The topological polar surface area (TPSA) is 58.6 Å². The van der Waals surface area contributed by atoms with Crippen molar-refractivity contribution >= 4 is 6.09 Å². The van der Waals surface area contributed by atoms with Crippen molar-refractivity contribution in [3.63, 3.8) is 0 Å². The third kappa shape index (κ3) is 5.67. The van der Waals surface area contributed by atoms with Crippen LogP contribution in [-0.4, -0.2) is 23.8 Å². The molecule has 0 spiro atoms. The number of alkyl carbamates (subject to hydrolysis) is 1. The number of aliphatic hydroxyl groups is 1. The van der Waals surface area contributed by atoms with Gasteiger partial charge in [-0.15, -0.1) is 0 Å². The summed E-state index contributed by atoms with van der Waals surface area (Å²) in [5, 5.41) is 12.4. The Balaban J connectivity index is 1.66. The Bertz CT molecular complexity index is 542. The monoisotopic (exact) mass is 285 g/mol. The molecular weight excluding hydrogens is 266 g/mol. The maximum atomic E-state index is 11.5. The average molecular weight is 285 g/mol. The summed E-state index contributed by atoms with van der Waals surface area (Å²) in [4.78, 5) is 11.5. The van der Waals surface area contributed by atoms with Crippen LogP contribution in [0.2, 0.25) is 0 Å². The van der Waals surface area contributed by atoms with E-state index in [9.17, 15) is 9.90 Å². The van der Waals surface area contributed by atoms with Gasteiger partial charge in [0.15, 0.2) is 0 Å². The van der Waals surface area contributed by atoms with Gasteiger partial charge in [0.25, 0.3) is 0 Å².